The molecule has 2 aliphatic rings. The highest BCUT2D eigenvalue weighted by molar-refractivity contribution is 5.84. The summed E-state index contributed by atoms with van der Waals surface area (Å²) in [6.45, 7) is 0. The van der Waals surface area contributed by atoms with Crippen LogP contribution in [0.25, 0.3) is 0 Å². The Morgan fingerprint density at radius 3 is 2.17 bits per heavy atom. The third kappa shape index (κ3) is 4.59. The van der Waals surface area contributed by atoms with Gasteiger partial charge in [-0.25, -0.2) is 0 Å². The Balaban J connectivity index is 1.72. The zero-order valence-electron chi connectivity index (χ0n) is 14.3. The molecule has 23 heavy (non-hydrogen) atoms. The summed E-state index contributed by atoms with van der Waals surface area (Å²) in [4.78, 5) is 4.75. The van der Waals surface area contributed by atoms with Crippen molar-refractivity contribution in [3.8, 4) is 5.75 Å². The van der Waals surface area contributed by atoms with E-state index in [1.165, 1.54) is 77.0 Å². The maximum Gasteiger partial charge on any atom is 0.127 e. The molecule has 2 heteroatoms. The number of nitrogens with zero attached hydrogens (tertiary/aromatic N) is 1. The second-order valence-corrected chi connectivity index (χ2v) is 7.40. The molecule has 2 saturated carbocycles. The van der Waals surface area contributed by atoms with Crippen molar-refractivity contribution in [2.75, 3.05) is 0 Å². The number of benzene rings is 1. The summed E-state index contributed by atoms with van der Waals surface area (Å²) in [7, 11) is 0. The van der Waals surface area contributed by atoms with Crippen LogP contribution in [0.2, 0.25) is 0 Å². The number of aliphatic imine (C=N–C) groups is 1. The lowest BCUT2D eigenvalue weighted by molar-refractivity contribution is 0.423. The average Bonchev–Trinajstić information content (AvgIpc) is 2.55. The highest BCUT2D eigenvalue weighted by Crippen LogP contribution is 2.36. The normalized spacial score (nSPS) is 22.1. The summed E-state index contributed by atoms with van der Waals surface area (Å²) in [5, 5.41) is 10.7. The quantitative estimate of drug-likeness (QED) is 0.685. The molecule has 3 rings (SSSR count). The maximum atomic E-state index is 10.7. The molecule has 2 fully saturated rings. The van der Waals surface area contributed by atoms with Gasteiger partial charge in [-0.3, -0.25) is 4.99 Å². The number of phenolic OH excluding ortho intramolecular Hbond substituents is 1. The second-order valence-electron chi connectivity index (χ2n) is 7.40. The van der Waals surface area contributed by atoms with Crippen molar-refractivity contribution in [3.63, 3.8) is 0 Å². The van der Waals surface area contributed by atoms with Crippen LogP contribution in [0.3, 0.4) is 0 Å². The van der Waals surface area contributed by atoms with E-state index in [0.29, 0.717) is 17.7 Å². The molecular formula is C21H31NO. The van der Waals surface area contributed by atoms with E-state index in [-0.39, 0.29) is 0 Å². The molecule has 2 aliphatic carbocycles. The van der Waals surface area contributed by atoms with E-state index in [1.807, 2.05) is 12.3 Å². The minimum atomic E-state index is 0.466. The lowest BCUT2D eigenvalue weighted by atomic mass is 9.85. The fourth-order valence-electron chi connectivity index (χ4n) is 4.20. The van der Waals surface area contributed by atoms with E-state index in [2.05, 4.69) is 12.1 Å². The fraction of sp³-hybridized carbons (Fsp3) is 0.667. The maximum absolute atomic E-state index is 10.7. The lowest BCUT2D eigenvalue weighted by Gasteiger charge is -2.22. The van der Waals surface area contributed by atoms with E-state index in [4.69, 9.17) is 4.99 Å². The Morgan fingerprint density at radius 1 is 0.826 bits per heavy atom. The molecule has 1 N–H and O–H groups in total. The molecule has 0 spiro atoms. The van der Waals surface area contributed by atoms with E-state index in [0.717, 1.165) is 11.1 Å². The monoisotopic (exact) mass is 313 g/mol. The number of phenols is 1. The van der Waals surface area contributed by atoms with Crippen LogP contribution >= 0.6 is 0 Å². The van der Waals surface area contributed by atoms with Gasteiger partial charge in [-0.2, -0.15) is 0 Å². The highest BCUT2D eigenvalue weighted by atomic mass is 16.3. The number of rotatable bonds is 3. The topological polar surface area (TPSA) is 32.6 Å². The van der Waals surface area contributed by atoms with E-state index >= 15 is 0 Å². The number of aromatic hydroxyl groups is 1. The van der Waals surface area contributed by atoms with Crippen LogP contribution in [0.15, 0.2) is 23.2 Å². The first-order chi connectivity index (χ1) is 11.3. The van der Waals surface area contributed by atoms with Gasteiger partial charge in [0.2, 0.25) is 0 Å². The summed E-state index contributed by atoms with van der Waals surface area (Å²) in [6.07, 6.45) is 17.4. The molecule has 0 atom stereocenters. The first-order valence-corrected chi connectivity index (χ1v) is 9.69. The third-order valence-corrected chi connectivity index (χ3v) is 5.64. The van der Waals surface area contributed by atoms with Crippen molar-refractivity contribution in [1.29, 1.82) is 0 Å². The van der Waals surface area contributed by atoms with E-state index in [1.54, 1.807) is 0 Å². The Kier molecular flexibility index (Phi) is 6.13. The number of para-hydroxylation sites is 1. The Morgan fingerprint density at radius 2 is 1.43 bits per heavy atom. The molecule has 0 aliphatic heterocycles. The van der Waals surface area contributed by atoms with Crippen LogP contribution in [0.1, 0.15) is 94.1 Å². The van der Waals surface area contributed by atoms with Gasteiger partial charge in [0.15, 0.2) is 0 Å². The second kappa shape index (κ2) is 8.52. The van der Waals surface area contributed by atoms with Crippen molar-refractivity contribution in [1.82, 2.24) is 0 Å². The molecule has 1 aromatic carbocycles. The third-order valence-electron chi connectivity index (χ3n) is 5.64. The molecule has 0 amide bonds. The van der Waals surface area contributed by atoms with Crippen LogP contribution in [0, 0.1) is 0 Å². The molecule has 2 nitrogen and oxygen atoms in total. The molecule has 126 valence electrons. The lowest BCUT2D eigenvalue weighted by Crippen LogP contribution is -2.09. The van der Waals surface area contributed by atoms with Gasteiger partial charge in [0.25, 0.3) is 0 Å². The predicted molar refractivity (Wildman–Crippen MR) is 97.6 cm³/mol. The Bertz CT molecular complexity index is 509. The summed E-state index contributed by atoms with van der Waals surface area (Å²) in [5.74, 6) is 1.01. The van der Waals surface area contributed by atoms with Crippen molar-refractivity contribution in [3.05, 3.63) is 29.3 Å². The summed E-state index contributed by atoms with van der Waals surface area (Å²) in [5.41, 5.74) is 2.06. The van der Waals surface area contributed by atoms with Crippen LogP contribution in [-0.2, 0) is 0 Å². The highest BCUT2D eigenvalue weighted by Gasteiger charge is 2.18. The molecule has 0 aromatic heterocycles. The largest absolute Gasteiger partial charge is 0.507 e. The van der Waals surface area contributed by atoms with Gasteiger partial charge in [0.05, 0.1) is 0 Å². The molecular weight excluding hydrogens is 282 g/mol. The number of hydrogen-bond donors (Lipinski definition) is 1. The van der Waals surface area contributed by atoms with Gasteiger partial charge in [-0.1, -0.05) is 63.5 Å². The Hall–Kier alpha value is -1.31. The van der Waals surface area contributed by atoms with Crippen LogP contribution in [0.5, 0.6) is 5.75 Å². The van der Waals surface area contributed by atoms with Gasteiger partial charge >= 0.3 is 0 Å². The van der Waals surface area contributed by atoms with Crippen molar-refractivity contribution < 1.29 is 5.11 Å². The van der Waals surface area contributed by atoms with E-state index in [9.17, 15) is 5.11 Å². The summed E-state index contributed by atoms with van der Waals surface area (Å²) < 4.78 is 0. The van der Waals surface area contributed by atoms with Crippen LogP contribution < -0.4 is 0 Å². The molecule has 0 radical (unpaired) electrons. The van der Waals surface area contributed by atoms with Crippen molar-refractivity contribution in [2.45, 2.75) is 89.0 Å². The number of hydrogen-bond acceptors (Lipinski definition) is 2. The first kappa shape index (κ1) is 16.5. The van der Waals surface area contributed by atoms with Gasteiger partial charge in [-0.05, 0) is 43.2 Å². The van der Waals surface area contributed by atoms with E-state index < -0.39 is 0 Å². The smallest absolute Gasteiger partial charge is 0.127 e. The molecule has 0 saturated heterocycles. The average molecular weight is 313 g/mol. The van der Waals surface area contributed by atoms with Crippen LogP contribution in [0.4, 0.5) is 0 Å². The van der Waals surface area contributed by atoms with Crippen LogP contribution in [-0.4, -0.2) is 17.4 Å². The molecule has 0 heterocycles. The minimum Gasteiger partial charge on any atom is -0.507 e. The van der Waals surface area contributed by atoms with Crippen molar-refractivity contribution >= 4 is 6.21 Å². The van der Waals surface area contributed by atoms with Crippen molar-refractivity contribution in [2.24, 2.45) is 4.99 Å². The molecule has 0 bridgehead atoms. The van der Waals surface area contributed by atoms with Gasteiger partial charge < -0.3 is 5.11 Å². The molecule has 0 unspecified atom stereocenters. The van der Waals surface area contributed by atoms with Gasteiger partial charge in [0.1, 0.15) is 5.75 Å². The zero-order valence-corrected chi connectivity index (χ0v) is 14.3. The molecule has 1 aromatic rings. The zero-order chi connectivity index (χ0) is 15.9. The summed E-state index contributed by atoms with van der Waals surface area (Å²) >= 11 is 0. The SMILES string of the molecule is Oc1c(C=NC2CCCCC2)cccc1C1CCCCCCC1. The van der Waals surface area contributed by atoms with Gasteiger partial charge in [0, 0.05) is 17.8 Å². The first-order valence-electron chi connectivity index (χ1n) is 9.69. The Labute approximate surface area is 141 Å². The summed E-state index contributed by atoms with van der Waals surface area (Å²) in [6, 6.07) is 6.69. The van der Waals surface area contributed by atoms with Gasteiger partial charge in [-0.15, -0.1) is 0 Å². The fourth-order valence-corrected chi connectivity index (χ4v) is 4.20. The standard InChI is InChI=1S/C21H31NO/c23-21-18(16-22-19-13-7-4-8-14-19)12-9-15-20(21)17-10-5-2-1-3-6-11-17/h9,12,15-17,19,23H,1-8,10-11,13-14H2. The predicted octanol–water partition coefficient (Wildman–Crippen LogP) is 5.97. The minimum absolute atomic E-state index is 0.466.